The Morgan fingerprint density at radius 3 is 2.32 bits per heavy atom. The zero-order valence-electron chi connectivity index (χ0n) is 21.2. The van der Waals surface area contributed by atoms with Crippen molar-refractivity contribution in [1.29, 1.82) is 0 Å². The van der Waals surface area contributed by atoms with Crippen molar-refractivity contribution in [3.05, 3.63) is 30.3 Å². The van der Waals surface area contributed by atoms with Gasteiger partial charge in [0.05, 0.1) is 5.92 Å². The highest BCUT2D eigenvalue weighted by molar-refractivity contribution is 5.94. The second kappa shape index (κ2) is 10.1. The fourth-order valence-corrected chi connectivity index (χ4v) is 6.61. The van der Waals surface area contributed by atoms with E-state index in [4.69, 9.17) is 0 Å². The van der Waals surface area contributed by atoms with Gasteiger partial charge in [0.1, 0.15) is 6.04 Å². The Bertz CT molecular complexity index is 891. The molecule has 1 heterocycles. The lowest BCUT2D eigenvalue weighted by Gasteiger charge is -2.36. The van der Waals surface area contributed by atoms with Crippen LogP contribution < -0.4 is 10.6 Å². The van der Waals surface area contributed by atoms with E-state index in [1.807, 2.05) is 49.1 Å². The summed E-state index contributed by atoms with van der Waals surface area (Å²) >= 11 is 0. The van der Waals surface area contributed by atoms with Gasteiger partial charge < -0.3 is 15.5 Å². The van der Waals surface area contributed by atoms with Gasteiger partial charge in [0.15, 0.2) is 0 Å². The fraction of sp³-hybridized carbons (Fsp3) is 0.679. The molecule has 0 radical (unpaired) electrons. The third kappa shape index (κ3) is 5.01. The normalized spacial score (nSPS) is 27.3. The molecule has 0 bridgehead atoms. The first-order valence-corrected chi connectivity index (χ1v) is 13.2. The van der Waals surface area contributed by atoms with Crippen molar-refractivity contribution < 1.29 is 14.4 Å². The summed E-state index contributed by atoms with van der Waals surface area (Å²) in [6, 6.07) is 8.94. The van der Waals surface area contributed by atoms with Crippen LogP contribution >= 0.6 is 0 Å². The van der Waals surface area contributed by atoms with Gasteiger partial charge >= 0.3 is 0 Å². The highest BCUT2D eigenvalue weighted by Crippen LogP contribution is 2.53. The Kier molecular flexibility index (Phi) is 7.34. The largest absolute Gasteiger partial charge is 0.344 e. The maximum atomic E-state index is 14.1. The number of carbonyl (C=O) groups excluding carboxylic acids is 3. The molecule has 0 unspecified atom stereocenters. The monoisotopic (exact) mass is 467 g/mol. The molecule has 6 nitrogen and oxygen atoms in total. The van der Waals surface area contributed by atoms with Gasteiger partial charge in [-0.3, -0.25) is 14.4 Å². The number of fused-ring (bicyclic) bond motifs is 1. The second-order valence-electron chi connectivity index (χ2n) is 11.6. The summed E-state index contributed by atoms with van der Waals surface area (Å²) < 4.78 is 0. The van der Waals surface area contributed by atoms with Gasteiger partial charge in [-0.2, -0.15) is 0 Å². The Hall–Kier alpha value is -2.37. The number of para-hydroxylation sites is 1. The quantitative estimate of drug-likeness (QED) is 0.641. The van der Waals surface area contributed by atoms with E-state index >= 15 is 0 Å². The first-order valence-electron chi connectivity index (χ1n) is 13.2. The molecule has 186 valence electrons. The Morgan fingerprint density at radius 2 is 1.68 bits per heavy atom. The molecule has 4 atom stereocenters. The standard InChI is InChI=1S/C28H41N3O3/c1-18(2)25(32)30-23(19-11-7-5-8-12-19)27(34)31-16-15-22-24(31)21(17-28(22,3)4)26(33)29-20-13-9-6-10-14-20/h6,9-10,13-14,18-19,21-24H,5,7-8,11-12,15-17H2,1-4H3,(H,29,33)(H,30,32)/t21-,22-,23+,24-/m1/s1. The summed E-state index contributed by atoms with van der Waals surface area (Å²) in [6.07, 6.45) is 7.02. The number of rotatable bonds is 6. The van der Waals surface area contributed by atoms with Gasteiger partial charge in [0.2, 0.25) is 17.7 Å². The Balaban J connectivity index is 1.58. The molecule has 2 aliphatic carbocycles. The molecule has 6 heteroatoms. The van der Waals surface area contributed by atoms with Crippen LogP contribution in [0.4, 0.5) is 5.69 Å². The lowest BCUT2D eigenvalue weighted by Crippen LogP contribution is -2.56. The first kappa shape index (κ1) is 24.7. The minimum atomic E-state index is -0.490. The summed E-state index contributed by atoms with van der Waals surface area (Å²) in [5.41, 5.74) is 0.772. The summed E-state index contributed by atoms with van der Waals surface area (Å²) in [5.74, 6) is -0.00964. The first-order chi connectivity index (χ1) is 16.2. The van der Waals surface area contributed by atoms with Crippen molar-refractivity contribution >= 4 is 23.4 Å². The summed E-state index contributed by atoms with van der Waals surface area (Å²) in [5, 5.41) is 6.20. The van der Waals surface area contributed by atoms with E-state index < -0.39 is 6.04 Å². The molecule has 1 aliphatic heterocycles. The number of nitrogens with zero attached hydrogens (tertiary/aromatic N) is 1. The molecule has 2 saturated carbocycles. The van der Waals surface area contributed by atoms with Crippen LogP contribution in [0.1, 0.15) is 72.6 Å². The number of carbonyl (C=O) groups is 3. The van der Waals surface area contributed by atoms with Gasteiger partial charge in [-0.05, 0) is 55.1 Å². The van der Waals surface area contributed by atoms with Crippen LogP contribution in [0.25, 0.3) is 0 Å². The predicted octanol–water partition coefficient (Wildman–Crippen LogP) is 4.61. The van der Waals surface area contributed by atoms with Crippen molar-refractivity contribution in [1.82, 2.24) is 10.2 Å². The molecule has 34 heavy (non-hydrogen) atoms. The third-order valence-electron chi connectivity index (χ3n) is 8.49. The van der Waals surface area contributed by atoms with Crippen molar-refractivity contribution in [2.24, 2.45) is 29.1 Å². The molecule has 4 rings (SSSR count). The molecule has 0 spiro atoms. The van der Waals surface area contributed by atoms with Crippen LogP contribution in [0.3, 0.4) is 0 Å². The number of hydrogen-bond donors (Lipinski definition) is 2. The molecule has 2 N–H and O–H groups in total. The molecule has 1 saturated heterocycles. The zero-order chi connectivity index (χ0) is 24.5. The van der Waals surface area contributed by atoms with Crippen LogP contribution in [0.15, 0.2) is 30.3 Å². The maximum Gasteiger partial charge on any atom is 0.245 e. The molecule has 0 aromatic heterocycles. The summed E-state index contributed by atoms with van der Waals surface area (Å²) in [4.78, 5) is 42.1. The lowest BCUT2D eigenvalue weighted by atomic mass is 9.80. The SMILES string of the molecule is CC(C)C(=O)N[C@H](C(=O)N1CC[C@@H]2[C@H]1[C@H](C(=O)Nc1ccccc1)CC2(C)C)C1CCCCC1. The van der Waals surface area contributed by atoms with Gasteiger partial charge in [-0.1, -0.05) is 65.2 Å². The maximum absolute atomic E-state index is 14.1. The molecule has 3 amide bonds. The van der Waals surface area contributed by atoms with Gasteiger partial charge in [-0.25, -0.2) is 0 Å². The molecule has 1 aromatic rings. The predicted molar refractivity (Wildman–Crippen MR) is 134 cm³/mol. The highest BCUT2D eigenvalue weighted by atomic mass is 16.2. The summed E-state index contributed by atoms with van der Waals surface area (Å²) in [6.45, 7) is 8.86. The average Bonchev–Trinajstić information content (AvgIpc) is 3.37. The van der Waals surface area contributed by atoms with E-state index in [1.54, 1.807) is 0 Å². The fourth-order valence-electron chi connectivity index (χ4n) is 6.61. The lowest BCUT2D eigenvalue weighted by molar-refractivity contribution is -0.141. The van der Waals surface area contributed by atoms with Crippen molar-refractivity contribution in [3.8, 4) is 0 Å². The minimum Gasteiger partial charge on any atom is -0.344 e. The second-order valence-corrected chi connectivity index (χ2v) is 11.6. The minimum absolute atomic E-state index is 0.00749. The van der Waals surface area contributed by atoms with Crippen LogP contribution in [0, 0.1) is 29.1 Å². The van der Waals surface area contributed by atoms with Crippen LogP contribution in [-0.4, -0.2) is 41.2 Å². The van der Waals surface area contributed by atoms with E-state index in [-0.39, 0.29) is 52.8 Å². The zero-order valence-corrected chi connectivity index (χ0v) is 21.2. The van der Waals surface area contributed by atoms with Crippen LogP contribution in [-0.2, 0) is 14.4 Å². The third-order valence-corrected chi connectivity index (χ3v) is 8.49. The smallest absolute Gasteiger partial charge is 0.245 e. The van der Waals surface area contributed by atoms with E-state index in [2.05, 4.69) is 24.5 Å². The average molecular weight is 468 g/mol. The van der Waals surface area contributed by atoms with Crippen LogP contribution in [0.5, 0.6) is 0 Å². The number of benzene rings is 1. The highest BCUT2D eigenvalue weighted by Gasteiger charge is 2.57. The summed E-state index contributed by atoms with van der Waals surface area (Å²) in [7, 11) is 0. The molecule has 3 aliphatic rings. The molecular formula is C28H41N3O3. The molecule has 3 fully saturated rings. The van der Waals surface area contributed by atoms with Crippen molar-refractivity contribution in [2.75, 3.05) is 11.9 Å². The topological polar surface area (TPSA) is 78.5 Å². The number of likely N-dealkylation sites (tertiary alicyclic amines) is 1. The Labute approximate surface area is 204 Å². The van der Waals surface area contributed by atoms with E-state index in [9.17, 15) is 14.4 Å². The van der Waals surface area contributed by atoms with Crippen molar-refractivity contribution in [2.45, 2.75) is 84.7 Å². The molecule has 1 aromatic carbocycles. The number of nitrogens with one attached hydrogen (secondary N) is 2. The van der Waals surface area contributed by atoms with Gasteiger partial charge in [0.25, 0.3) is 0 Å². The van der Waals surface area contributed by atoms with E-state index in [0.717, 1.165) is 44.2 Å². The van der Waals surface area contributed by atoms with Gasteiger partial charge in [0, 0.05) is 24.2 Å². The van der Waals surface area contributed by atoms with E-state index in [0.29, 0.717) is 6.54 Å². The van der Waals surface area contributed by atoms with Crippen LogP contribution in [0.2, 0.25) is 0 Å². The van der Waals surface area contributed by atoms with E-state index in [1.165, 1.54) is 6.42 Å². The number of anilines is 1. The van der Waals surface area contributed by atoms with Crippen molar-refractivity contribution in [3.63, 3.8) is 0 Å². The molecular weight excluding hydrogens is 426 g/mol. The Morgan fingerprint density at radius 1 is 1.00 bits per heavy atom. The number of hydrogen-bond acceptors (Lipinski definition) is 3. The number of amides is 3. The van der Waals surface area contributed by atoms with Gasteiger partial charge in [-0.15, -0.1) is 0 Å².